The SMILES string of the molecule is C=C(C(=O)OC)N(CCCc1ccccc1I)C(C)=O. The maximum Gasteiger partial charge on any atom is 0.354 e. The molecule has 0 aromatic heterocycles. The van der Waals surface area contributed by atoms with E-state index in [2.05, 4.69) is 40.0 Å². The van der Waals surface area contributed by atoms with Crippen LogP contribution >= 0.6 is 22.6 Å². The van der Waals surface area contributed by atoms with E-state index in [1.807, 2.05) is 18.2 Å². The highest BCUT2D eigenvalue weighted by Crippen LogP contribution is 2.14. The fraction of sp³-hybridized carbons (Fsp3) is 0.333. The third-order valence-electron chi connectivity index (χ3n) is 2.91. The molecule has 0 saturated heterocycles. The Kier molecular flexibility index (Phi) is 6.70. The molecule has 0 bridgehead atoms. The van der Waals surface area contributed by atoms with Crippen LogP contribution in [0.5, 0.6) is 0 Å². The van der Waals surface area contributed by atoms with Gasteiger partial charge in [0.1, 0.15) is 5.70 Å². The molecule has 1 aromatic rings. The van der Waals surface area contributed by atoms with E-state index in [1.165, 1.54) is 28.1 Å². The maximum atomic E-state index is 11.6. The minimum absolute atomic E-state index is 0.0859. The Bertz CT molecular complexity index is 514. The molecule has 20 heavy (non-hydrogen) atoms. The van der Waals surface area contributed by atoms with Gasteiger partial charge in [0, 0.05) is 17.0 Å². The number of ether oxygens (including phenoxy) is 1. The molecule has 4 nitrogen and oxygen atoms in total. The van der Waals surface area contributed by atoms with Crippen molar-refractivity contribution in [3.63, 3.8) is 0 Å². The van der Waals surface area contributed by atoms with Gasteiger partial charge in [0.05, 0.1) is 7.11 Å². The quantitative estimate of drug-likeness (QED) is 0.429. The van der Waals surface area contributed by atoms with Crippen molar-refractivity contribution in [3.8, 4) is 0 Å². The third-order valence-corrected chi connectivity index (χ3v) is 3.97. The molecule has 1 amide bonds. The normalized spacial score (nSPS) is 9.95. The summed E-state index contributed by atoms with van der Waals surface area (Å²) in [6.07, 6.45) is 1.60. The van der Waals surface area contributed by atoms with E-state index in [0.717, 1.165) is 12.8 Å². The van der Waals surface area contributed by atoms with Gasteiger partial charge >= 0.3 is 5.97 Å². The monoisotopic (exact) mass is 387 g/mol. The minimum atomic E-state index is -0.575. The summed E-state index contributed by atoms with van der Waals surface area (Å²) in [6, 6.07) is 8.10. The molecule has 0 unspecified atom stereocenters. The van der Waals surface area contributed by atoms with Crippen LogP contribution in [0.25, 0.3) is 0 Å². The Morgan fingerprint density at radius 3 is 2.55 bits per heavy atom. The molecule has 0 atom stereocenters. The number of hydrogen-bond acceptors (Lipinski definition) is 3. The van der Waals surface area contributed by atoms with Gasteiger partial charge in [-0.15, -0.1) is 0 Å². The van der Waals surface area contributed by atoms with Gasteiger partial charge in [-0.2, -0.15) is 0 Å². The second-order valence-corrected chi connectivity index (χ2v) is 5.47. The Morgan fingerprint density at radius 2 is 2.00 bits per heavy atom. The molecule has 0 saturated carbocycles. The highest BCUT2D eigenvalue weighted by atomic mass is 127. The van der Waals surface area contributed by atoms with Gasteiger partial charge in [-0.1, -0.05) is 24.8 Å². The molecule has 0 spiro atoms. The molecule has 0 radical (unpaired) electrons. The van der Waals surface area contributed by atoms with Gasteiger partial charge in [-0.3, -0.25) is 4.79 Å². The lowest BCUT2D eigenvalue weighted by molar-refractivity contribution is -0.141. The number of halogens is 1. The van der Waals surface area contributed by atoms with Crippen LogP contribution in [0.15, 0.2) is 36.5 Å². The third kappa shape index (κ3) is 4.63. The number of amides is 1. The van der Waals surface area contributed by atoms with Crippen LogP contribution in [0.2, 0.25) is 0 Å². The fourth-order valence-corrected chi connectivity index (χ4v) is 2.50. The van der Waals surface area contributed by atoms with E-state index in [4.69, 9.17) is 0 Å². The van der Waals surface area contributed by atoms with Crippen LogP contribution in [0, 0.1) is 3.57 Å². The van der Waals surface area contributed by atoms with Crippen LogP contribution in [0.4, 0.5) is 0 Å². The van der Waals surface area contributed by atoms with Gasteiger partial charge < -0.3 is 9.64 Å². The number of nitrogens with zero attached hydrogens (tertiary/aromatic N) is 1. The van der Waals surface area contributed by atoms with E-state index in [9.17, 15) is 9.59 Å². The molecule has 0 aliphatic carbocycles. The Balaban J connectivity index is 2.61. The van der Waals surface area contributed by atoms with Crippen LogP contribution in [0.1, 0.15) is 18.9 Å². The number of rotatable bonds is 6. The summed E-state index contributed by atoms with van der Waals surface area (Å²) in [5, 5.41) is 0. The van der Waals surface area contributed by atoms with E-state index < -0.39 is 5.97 Å². The molecule has 1 rings (SSSR count). The molecule has 0 aliphatic heterocycles. The summed E-state index contributed by atoms with van der Waals surface area (Å²) >= 11 is 2.29. The summed E-state index contributed by atoms with van der Waals surface area (Å²) < 4.78 is 5.79. The van der Waals surface area contributed by atoms with E-state index >= 15 is 0 Å². The molecule has 1 aromatic carbocycles. The second kappa shape index (κ2) is 8.04. The summed E-state index contributed by atoms with van der Waals surface area (Å²) in [5.74, 6) is -0.780. The number of aryl methyl sites for hydroxylation is 1. The highest BCUT2D eigenvalue weighted by molar-refractivity contribution is 14.1. The molecular weight excluding hydrogens is 369 g/mol. The van der Waals surface area contributed by atoms with Crippen molar-refractivity contribution in [3.05, 3.63) is 45.7 Å². The number of hydrogen-bond donors (Lipinski definition) is 0. The van der Waals surface area contributed by atoms with Crippen molar-refractivity contribution in [1.29, 1.82) is 0 Å². The molecule has 0 aliphatic rings. The average Bonchev–Trinajstić information content (AvgIpc) is 2.43. The van der Waals surface area contributed by atoms with Gasteiger partial charge in [0.2, 0.25) is 5.91 Å². The molecular formula is C15H18INO3. The molecule has 5 heteroatoms. The lowest BCUT2D eigenvalue weighted by Crippen LogP contribution is -2.33. The smallest absolute Gasteiger partial charge is 0.354 e. The van der Waals surface area contributed by atoms with E-state index in [0.29, 0.717) is 6.54 Å². The molecule has 0 N–H and O–H groups in total. The maximum absolute atomic E-state index is 11.6. The number of benzene rings is 1. The first-order chi connectivity index (χ1) is 9.47. The number of carbonyl (C=O) groups is 2. The lowest BCUT2D eigenvalue weighted by atomic mass is 10.1. The standard InChI is InChI=1S/C15H18INO3/c1-11(15(19)20-3)17(12(2)18)10-6-8-13-7-4-5-9-14(13)16/h4-5,7,9H,1,6,8,10H2,2-3H3. The van der Waals surface area contributed by atoms with Gasteiger partial charge in [-0.05, 0) is 47.1 Å². The van der Waals surface area contributed by atoms with Gasteiger partial charge in [0.25, 0.3) is 0 Å². The predicted octanol–water partition coefficient (Wildman–Crippen LogP) is 2.76. The van der Waals surface area contributed by atoms with Crippen molar-refractivity contribution < 1.29 is 14.3 Å². The van der Waals surface area contributed by atoms with Crippen molar-refractivity contribution in [2.75, 3.05) is 13.7 Å². The Hall–Kier alpha value is -1.37. The zero-order valence-electron chi connectivity index (χ0n) is 11.7. The fourth-order valence-electron chi connectivity index (χ4n) is 1.84. The zero-order chi connectivity index (χ0) is 15.1. The summed E-state index contributed by atoms with van der Waals surface area (Å²) in [5.41, 5.74) is 1.32. The molecule has 0 heterocycles. The predicted molar refractivity (Wildman–Crippen MR) is 86.0 cm³/mol. The topological polar surface area (TPSA) is 46.6 Å². The highest BCUT2D eigenvalue weighted by Gasteiger charge is 2.19. The summed E-state index contributed by atoms with van der Waals surface area (Å²) in [6.45, 7) is 5.49. The molecule has 108 valence electrons. The van der Waals surface area contributed by atoms with E-state index in [1.54, 1.807) is 0 Å². The number of esters is 1. The van der Waals surface area contributed by atoms with Crippen LogP contribution < -0.4 is 0 Å². The van der Waals surface area contributed by atoms with Crippen molar-refractivity contribution in [2.45, 2.75) is 19.8 Å². The first-order valence-electron chi connectivity index (χ1n) is 6.26. The Morgan fingerprint density at radius 1 is 1.35 bits per heavy atom. The number of carbonyl (C=O) groups excluding carboxylic acids is 2. The van der Waals surface area contributed by atoms with E-state index in [-0.39, 0.29) is 11.6 Å². The largest absolute Gasteiger partial charge is 0.464 e. The van der Waals surface area contributed by atoms with Crippen molar-refractivity contribution in [2.24, 2.45) is 0 Å². The first kappa shape index (κ1) is 16.7. The first-order valence-corrected chi connectivity index (χ1v) is 7.34. The zero-order valence-corrected chi connectivity index (χ0v) is 13.8. The van der Waals surface area contributed by atoms with Crippen molar-refractivity contribution >= 4 is 34.5 Å². The molecule has 0 fully saturated rings. The summed E-state index contributed by atoms with van der Waals surface area (Å²) in [7, 11) is 1.28. The minimum Gasteiger partial charge on any atom is -0.464 e. The van der Waals surface area contributed by atoms with Crippen LogP contribution in [-0.4, -0.2) is 30.4 Å². The number of methoxy groups -OCH3 is 1. The summed E-state index contributed by atoms with van der Waals surface area (Å²) in [4.78, 5) is 24.4. The van der Waals surface area contributed by atoms with Gasteiger partial charge in [-0.25, -0.2) is 4.79 Å². The lowest BCUT2D eigenvalue weighted by Gasteiger charge is -2.21. The van der Waals surface area contributed by atoms with Gasteiger partial charge in [0.15, 0.2) is 0 Å². The average molecular weight is 387 g/mol. The van der Waals surface area contributed by atoms with Crippen molar-refractivity contribution in [1.82, 2.24) is 4.90 Å². The Labute approximate surface area is 132 Å². The van der Waals surface area contributed by atoms with Crippen LogP contribution in [-0.2, 0) is 20.7 Å². The second-order valence-electron chi connectivity index (χ2n) is 4.30. The van der Waals surface area contributed by atoms with Crippen LogP contribution in [0.3, 0.4) is 0 Å².